The van der Waals surface area contributed by atoms with Crippen molar-refractivity contribution in [1.82, 2.24) is 0 Å². The molecule has 0 saturated carbocycles. The predicted octanol–water partition coefficient (Wildman–Crippen LogP) is 3.83. The lowest BCUT2D eigenvalue weighted by atomic mass is 10.2. The minimum atomic E-state index is -0.974. The molecule has 2 rings (SSSR count). The first kappa shape index (κ1) is 22.8. The average Bonchev–Trinajstić information content (AvgIpc) is 2.71. The molecule has 0 aromatic heterocycles. The van der Waals surface area contributed by atoms with Crippen LogP contribution in [0.4, 0.5) is 14.5 Å². The van der Waals surface area contributed by atoms with Crippen LogP contribution in [0.15, 0.2) is 40.9 Å². The third-order valence-corrected chi connectivity index (χ3v) is 4.13. The average molecular weight is 481 g/mol. The van der Waals surface area contributed by atoms with Crippen LogP contribution in [0.2, 0.25) is 0 Å². The summed E-state index contributed by atoms with van der Waals surface area (Å²) in [6.07, 6.45) is 2.51. The topological polar surface area (TPSA) is 97.7 Å². The third kappa shape index (κ3) is 6.56. The van der Waals surface area contributed by atoms with E-state index in [0.717, 1.165) is 12.1 Å². The summed E-state index contributed by atoms with van der Waals surface area (Å²) in [6, 6.07) is 8.22. The predicted molar refractivity (Wildman–Crippen MR) is 107 cm³/mol. The number of hydrogen-bond donors (Lipinski definition) is 1. The highest BCUT2D eigenvalue weighted by atomic mass is 79.9. The van der Waals surface area contributed by atoms with E-state index in [4.69, 9.17) is 19.5 Å². The van der Waals surface area contributed by atoms with Crippen LogP contribution in [0, 0.1) is 23.0 Å². The van der Waals surface area contributed by atoms with E-state index in [1.165, 1.54) is 13.2 Å². The summed E-state index contributed by atoms with van der Waals surface area (Å²) in [5.74, 6) is -2.66. The van der Waals surface area contributed by atoms with Gasteiger partial charge in [-0.05, 0) is 45.8 Å². The van der Waals surface area contributed by atoms with Crippen molar-refractivity contribution in [2.24, 2.45) is 0 Å². The number of amides is 1. The molecule has 0 radical (unpaired) electrons. The lowest BCUT2D eigenvalue weighted by Gasteiger charge is -2.09. The number of methoxy groups -OCH3 is 1. The molecule has 0 aliphatic rings. The Labute approximate surface area is 179 Å². The number of benzene rings is 2. The van der Waals surface area contributed by atoms with Gasteiger partial charge in [0.1, 0.15) is 11.9 Å². The number of nitrogens with zero attached hydrogens (tertiary/aromatic N) is 1. The summed E-state index contributed by atoms with van der Waals surface area (Å²) in [5.41, 5.74) is 0.314. The number of carbonyl (C=O) groups excluding carboxylic acids is 2. The molecule has 1 N–H and O–H groups in total. The molecule has 0 heterocycles. The van der Waals surface area contributed by atoms with Crippen molar-refractivity contribution in [2.45, 2.75) is 0 Å². The SMILES string of the molecule is COc1cc(/C=C/C(=O)OCC(=O)Nc2c(F)cc(F)cc2Br)ccc1OCC#N. The second-order valence-corrected chi connectivity index (χ2v) is 6.45. The normalized spacial score (nSPS) is 10.4. The van der Waals surface area contributed by atoms with Gasteiger partial charge < -0.3 is 19.5 Å². The fraction of sp³-hybridized carbons (Fsp3) is 0.150. The summed E-state index contributed by atoms with van der Waals surface area (Å²) in [4.78, 5) is 23.6. The van der Waals surface area contributed by atoms with Crippen molar-refractivity contribution in [3.8, 4) is 17.6 Å². The van der Waals surface area contributed by atoms with Gasteiger partial charge in [0.25, 0.3) is 5.91 Å². The Hall–Kier alpha value is -3.45. The first-order valence-electron chi connectivity index (χ1n) is 8.31. The monoisotopic (exact) mass is 480 g/mol. The molecule has 0 saturated heterocycles. The number of nitriles is 1. The molecule has 10 heteroatoms. The summed E-state index contributed by atoms with van der Waals surface area (Å²) < 4.78 is 41.9. The van der Waals surface area contributed by atoms with Crippen molar-refractivity contribution in [1.29, 1.82) is 5.26 Å². The molecule has 2 aromatic rings. The van der Waals surface area contributed by atoms with E-state index in [1.807, 2.05) is 6.07 Å². The highest BCUT2D eigenvalue weighted by Crippen LogP contribution is 2.28. The minimum Gasteiger partial charge on any atom is -0.493 e. The maximum atomic E-state index is 13.7. The van der Waals surface area contributed by atoms with Gasteiger partial charge in [-0.15, -0.1) is 0 Å². The zero-order valence-corrected chi connectivity index (χ0v) is 17.2. The van der Waals surface area contributed by atoms with Gasteiger partial charge in [0.2, 0.25) is 0 Å². The molecule has 0 fully saturated rings. The molecular formula is C20H15BrF2N2O5. The first-order valence-corrected chi connectivity index (χ1v) is 9.10. The van der Waals surface area contributed by atoms with E-state index >= 15 is 0 Å². The smallest absolute Gasteiger partial charge is 0.331 e. The molecule has 0 aliphatic carbocycles. The second kappa shape index (κ2) is 10.9. The Morgan fingerprint density at radius 1 is 1.23 bits per heavy atom. The number of hydrogen-bond acceptors (Lipinski definition) is 6. The van der Waals surface area contributed by atoms with Crippen molar-refractivity contribution in [3.63, 3.8) is 0 Å². The molecule has 30 heavy (non-hydrogen) atoms. The zero-order valence-electron chi connectivity index (χ0n) is 15.6. The van der Waals surface area contributed by atoms with E-state index in [9.17, 15) is 18.4 Å². The van der Waals surface area contributed by atoms with Crippen LogP contribution in [0.1, 0.15) is 5.56 Å². The van der Waals surface area contributed by atoms with E-state index in [-0.39, 0.29) is 16.8 Å². The molecule has 0 aliphatic heterocycles. The highest BCUT2D eigenvalue weighted by Gasteiger charge is 2.14. The Kier molecular flexibility index (Phi) is 8.31. The van der Waals surface area contributed by atoms with E-state index in [0.29, 0.717) is 23.1 Å². The van der Waals surface area contributed by atoms with Gasteiger partial charge in [0.15, 0.2) is 30.5 Å². The Morgan fingerprint density at radius 2 is 2.00 bits per heavy atom. The van der Waals surface area contributed by atoms with E-state index in [1.54, 1.807) is 18.2 Å². The standard InChI is InChI=1S/C20H15BrF2N2O5/c1-28-17-8-12(2-4-16(17)29-7-6-24)3-5-19(27)30-11-18(26)25-20-14(21)9-13(22)10-15(20)23/h2-5,8-10H,7,11H2,1H3,(H,25,26)/b5-3+. The number of anilines is 1. The van der Waals surface area contributed by atoms with Gasteiger partial charge >= 0.3 is 5.97 Å². The first-order chi connectivity index (χ1) is 14.3. The van der Waals surface area contributed by atoms with E-state index < -0.39 is 30.1 Å². The van der Waals surface area contributed by atoms with Crippen molar-refractivity contribution >= 4 is 39.6 Å². The van der Waals surface area contributed by atoms with Crippen LogP contribution in [0.3, 0.4) is 0 Å². The molecular weight excluding hydrogens is 466 g/mol. The van der Waals surface area contributed by atoms with Crippen LogP contribution < -0.4 is 14.8 Å². The molecule has 156 valence electrons. The molecule has 0 unspecified atom stereocenters. The fourth-order valence-corrected chi connectivity index (χ4v) is 2.71. The maximum absolute atomic E-state index is 13.7. The quantitative estimate of drug-likeness (QED) is 0.455. The van der Waals surface area contributed by atoms with Gasteiger partial charge in [-0.25, -0.2) is 13.6 Å². The minimum absolute atomic E-state index is 0.00992. The highest BCUT2D eigenvalue weighted by molar-refractivity contribution is 9.10. The van der Waals surface area contributed by atoms with Crippen LogP contribution in [0.5, 0.6) is 11.5 Å². The van der Waals surface area contributed by atoms with Crippen LogP contribution in [0.25, 0.3) is 6.08 Å². The third-order valence-electron chi connectivity index (χ3n) is 3.51. The second-order valence-electron chi connectivity index (χ2n) is 5.59. The van der Waals surface area contributed by atoms with Crippen molar-refractivity contribution < 1.29 is 32.6 Å². The number of carbonyl (C=O) groups is 2. The lowest BCUT2D eigenvalue weighted by Crippen LogP contribution is -2.21. The van der Waals surface area contributed by atoms with Gasteiger partial charge in [0.05, 0.1) is 12.8 Å². The summed E-state index contributed by atoms with van der Waals surface area (Å²) in [6.45, 7) is -0.810. The summed E-state index contributed by atoms with van der Waals surface area (Å²) >= 11 is 2.94. The number of ether oxygens (including phenoxy) is 3. The van der Waals surface area contributed by atoms with Crippen molar-refractivity contribution in [2.75, 3.05) is 25.6 Å². The summed E-state index contributed by atoms with van der Waals surface area (Å²) in [7, 11) is 1.43. The molecule has 0 atom stereocenters. The van der Waals surface area contributed by atoms with Crippen molar-refractivity contribution in [3.05, 3.63) is 58.1 Å². The number of esters is 1. The Balaban J connectivity index is 1.92. The molecule has 2 aromatic carbocycles. The molecule has 0 spiro atoms. The number of rotatable bonds is 8. The summed E-state index contributed by atoms with van der Waals surface area (Å²) in [5, 5.41) is 10.7. The van der Waals surface area contributed by atoms with Crippen LogP contribution >= 0.6 is 15.9 Å². The number of halogens is 3. The number of nitrogens with one attached hydrogen (secondary N) is 1. The lowest BCUT2D eigenvalue weighted by molar-refractivity contribution is -0.142. The van der Waals surface area contributed by atoms with Gasteiger partial charge in [-0.2, -0.15) is 5.26 Å². The molecule has 0 bridgehead atoms. The van der Waals surface area contributed by atoms with Crippen LogP contribution in [-0.2, 0) is 14.3 Å². The molecule has 7 nitrogen and oxygen atoms in total. The largest absolute Gasteiger partial charge is 0.493 e. The zero-order chi connectivity index (χ0) is 22.1. The fourth-order valence-electron chi connectivity index (χ4n) is 2.20. The van der Waals surface area contributed by atoms with Crippen LogP contribution in [-0.4, -0.2) is 32.2 Å². The Bertz CT molecular complexity index is 998. The maximum Gasteiger partial charge on any atom is 0.331 e. The van der Waals surface area contributed by atoms with Gasteiger partial charge in [0, 0.05) is 16.6 Å². The van der Waals surface area contributed by atoms with Gasteiger partial charge in [-0.1, -0.05) is 6.07 Å². The van der Waals surface area contributed by atoms with Gasteiger partial charge in [-0.3, -0.25) is 4.79 Å². The Morgan fingerprint density at radius 3 is 2.67 bits per heavy atom. The molecule has 1 amide bonds. The van der Waals surface area contributed by atoms with E-state index in [2.05, 4.69) is 21.2 Å².